The number of hydrogen-bond acceptors (Lipinski definition) is 4. The van der Waals surface area contributed by atoms with Gasteiger partial charge in [0, 0.05) is 13.6 Å². The maximum atomic E-state index is 11.5. The molecule has 0 unspecified atom stereocenters. The van der Waals surface area contributed by atoms with E-state index in [0.717, 1.165) is 4.68 Å². The summed E-state index contributed by atoms with van der Waals surface area (Å²) >= 11 is 5.64. The van der Waals surface area contributed by atoms with Gasteiger partial charge in [-0.05, 0) is 0 Å². The van der Waals surface area contributed by atoms with Crippen LogP contribution < -0.4 is 4.72 Å². The highest BCUT2D eigenvalue weighted by atomic mass is 35.5. The van der Waals surface area contributed by atoms with Crippen LogP contribution in [-0.4, -0.2) is 36.5 Å². The maximum Gasteiger partial charge on any atom is 0.259 e. The molecule has 14 heavy (non-hydrogen) atoms. The third kappa shape index (κ3) is 2.24. The van der Waals surface area contributed by atoms with Gasteiger partial charge in [0.05, 0.1) is 17.8 Å². The lowest BCUT2D eigenvalue weighted by atomic mass is 10.7. The fraction of sp³-hybridized carbons (Fsp3) is 0.500. The second-order valence-corrected chi connectivity index (χ2v) is 4.63. The zero-order chi connectivity index (χ0) is 10.8. The van der Waals surface area contributed by atoms with Crippen molar-refractivity contribution in [2.75, 3.05) is 13.2 Å². The Labute approximate surface area is 86.5 Å². The molecule has 0 aliphatic carbocycles. The minimum atomic E-state index is -3.68. The number of aliphatic hydroxyl groups excluding tert-OH is 1. The van der Waals surface area contributed by atoms with Gasteiger partial charge in [0.25, 0.3) is 10.0 Å². The van der Waals surface area contributed by atoms with Crippen LogP contribution in [0.4, 0.5) is 0 Å². The Bertz CT molecular complexity index is 394. The van der Waals surface area contributed by atoms with E-state index in [1.165, 1.54) is 13.2 Å². The molecule has 1 rings (SSSR count). The Balaban J connectivity index is 3.04. The first-order chi connectivity index (χ1) is 6.49. The second-order valence-electron chi connectivity index (χ2n) is 2.54. The van der Waals surface area contributed by atoms with Crippen molar-refractivity contribution in [3.8, 4) is 0 Å². The smallest absolute Gasteiger partial charge is 0.259 e. The van der Waals surface area contributed by atoms with E-state index in [4.69, 9.17) is 16.7 Å². The topological polar surface area (TPSA) is 84.2 Å². The molecule has 0 atom stereocenters. The summed E-state index contributed by atoms with van der Waals surface area (Å²) in [5.74, 6) is 0. The summed E-state index contributed by atoms with van der Waals surface area (Å²) in [6, 6.07) is 0. The van der Waals surface area contributed by atoms with Gasteiger partial charge in [-0.2, -0.15) is 5.10 Å². The fourth-order valence-electron chi connectivity index (χ4n) is 0.950. The molecule has 0 aliphatic heterocycles. The largest absolute Gasteiger partial charge is 0.395 e. The standard InChI is InChI=1S/C6H10ClN3O3S/c1-10-6(5(7)4-8-10)14(12,13)9-2-3-11/h4,9,11H,2-3H2,1H3. The van der Waals surface area contributed by atoms with Crippen molar-refractivity contribution in [2.45, 2.75) is 5.03 Å². The number of halogens is 1. The normalized spacial score (nSPS) is 11.9. The molecule has 0 amide bonds. The van der Waals surface area contributed by atoms with Crippen molar-refractivity contribution in [3.63, 3.8) is 0 Å². The molecule has 0 saturated heterocycles. The van der Waals surface area contributed by atoms with Crippen LogP contribution in [0.1, 0.15) is 0 Å². The number of rotatable bonds is 4. The Morgan fingerprint density at radius 2 is 2.36 bits per heavy atom. The Kier molecular flexibility index (Phi) is 3.48. The third-order valence-corrected chi connectivity index (χ3v) is 3.47. The molecule has 0 aromatic carbocycles. The molecule has 1 aromatic rings. The molecule has 80 valence electrons. The number of aromatic nitrogens is 2. The van der Waals surface area contributed by atoms with Gasteiger partial charge in [-0.15, -0.1) is 0 Å². The lowest BCUT2D eigenvalue weighted by Gasteiger charge is -2.05. The molecule has 8 heteroatoms. The number of nitrogens with one attached hydrogen (secondary N) is 1. The van der Waals surface area contributed by atoms with E-state index >= 15 is 0 Å². The van der Waals surface area contributed by atoms with Crippen LogP contribution in [0, 0.1) is 0 Å². The monoisotopic (exact) mass is 239 g/mol. The summed E-state index contributed by atoms with van der Waals surface area (Å²) in [5.41, 5.74) is 0. The molecular formula is C6H10ClN3O3S. The van der Waals surface area contributed by atoms with Crippen molar-refractivity contribution >= 4 is 21.6 Å². The van der Waals surface area contributed by atoms with Crippen LogP contribution in [0.15, 0.2) is 11.2 Å². The Hall–Kier alpha value is -0.630. The first kappa shape index (κ1) is 11.4. The van der Waals surface area contributed by atoms with Gasteiger partial charge in [-0.1, -0.05) is 11.6 Å². The molecule has 1 aromatic heterocycles. The quantitative estimate of drug-likeness (QED) is 0.731. The van der Waals surface area contributed by atoms with Crippen molar-refractivity contribution in [1.29, 1.82) is 0 Å². The molecule has 0 radical (unpaired) electrons. The van der Waals surface area contributed by atoms with Gasteiger partial charge in [0.1, 0.15) is 0 Å². The van der Waals surface area contributed by atoms with E-state index in [1.807, 2.05) is 0 Å². The van der Waals surface area contributed by atoms with Crippen LogP contribution in [0.3, 0.4) is 0 Å². The maximum absolute atomic E-state index is 11.5. The van der Waals surface area contributed by atoms with Gasteiger partial charge in [-0.3, -0.25) is 4.68 Å². The fourth-order valence-corrected chi connectivity index (χ4v) is 2.62. The van der Waals surface area contributed by atoms with Crippen molar-refractivity contribution in [3.05, 3.63) is 11.2 Å². The molecule has 0 fully saturated rings. The van der Waals surface area contributed by atoms with Gasteiger partial charge in [0.15, 0.2) is 5.03 Å². The molecule has 0 spiro atoms. The number of sulfonamides is 1. The molecule has 6 nitrogen and oxygen atoms in total. The highest BCUT2D eigenvalue weighted by Crippen LogP contribution is 2.18. The molecule has 0 aliphatic rings. The van der Waals surface area contributed by atoms with E-state index in [2.05, 4.69) is 9.82 Å². The van der Waals surface area contributed by atoms with Gasteiger partial charge < -0.3 is 5.11 Å². The number of hydrogen-bond donors (Lipinski definition) is 2. The first-order valence-electron chi connectivity index (χ1n) is 3.77. The number of aryl methyl sites for hydroxylation is 1. The van der Waals surface area contributed by atoms with E-state index in [1.54, 1.807) is 0 Å². The van der Waals surface area contributed by atoms with Crippen LogP contribution in [0.2, 0.25) is 5.02 Å². The van der Waals surface area contributed by atoms with Crippen LogP contribution in [0.5, 0.6) is 0 Å². The minimum absolute atomic E-state index is 0.0517. The summed E-state index contributed by atoms with van der Waals surface area (Å²) in [6.07, 6.45) is 1.25. The lowest BCUT2D eigenvalue weighted by molar-refractivity contribution is 0.301. The van der Waals surface area contributed by atoms with E-state index in [-0.39, 0.29) is 23.2 Å². The van der Waals surface area contributed by atoms with Crippen molar-refractivity contribution < 1.29 is 13.5 Å². The average Bonchev–Trinajstić information content (AvgIpc) is 2.43. The minimum Gasteiger partial charge on any atom is -0.395 e. The summed E-state index contributed by atoms with van der Waals surface area (Å²) in [4.78, 5) is 0. The molecule has 0 bridgehead atoms. The van der Waals surface area contributed by atoms with E-state index in [0.29, 0.717) is 0 Å². The summed E-state index contributed by atoms with van der Waals surface area (Å²) in [6.45, 7) is -0.321. The first-order valence-corrected chi connectivity index (χ1v) is 5.63. The predicted octanol–water partition coefficient (Wildman–Crippen LogP) is -0.656. The molecule has 1 heterocycles. The summed E-state index contributed by atoms with van der Waals surface area (Å²) in [5, 5.41) is 12.1. The second kappa shape index (κ2) is 4.26. The lowest BCUT2D eigenvalue weighted by Crippen LogP contribution is -2.28. The summed E-state index contributed by atoms with van der Waals surface area (Å²) in [7, 11) is -2.21. The SMILES string of the molecule is Cn1ncc(Cl)c1S(=O)(=O)NCCO. The molecular weight excluding hydrogens is 230 g/mol. The van der Waals surface area contributed by atoms with Crippen LogP contribution in [-0.2, 0) is 17.1 Å². The zero-order valence-electron chi connectivity index (χ0n) is 7.44. The highest BCUT2D eigenvalue weighted by Gasteiger charge is 2.21. The average molecular weight is 240 g/mol. The Morgan fingerprint density at radius 3 is 2.79 bits per heavy atom. The molecule has 2 N–H and O–H groups in total. The number of aliphatic hydroxyl groups is 1. The van der Waals surface area contributed by atoms with Crippen molar-refractivity contribution in [1.82, 2.24) is 14.5 Å². The Morgan fingerprint density at radius 1 is 1.71 bits per heavy atom. The van der Waals surface area contributed by atoms with Gasteiger partial charge >= 0.3 is 0 Å². The predicted molar refractivity (Wildman–Crippen MR) is 50.5 cm³/mol. The van der Waals surface area contributed by atoms with Crippen LogP contribution in [0.25, 0.3) is 0 Å². The number of nitrogens with zero attached hydrogens (tertiary/aromatic N) is 2. The van der Waals surface area contributed by atoms with Crippen LogP contribution >= 0.6 is 11.6 Å². The molecule has 0 saturated carbocycles. The van der Waals surface area contributed by atoms with Gasteiger partial charge in [-0.25, -0.2) is 13.1 Å². The third-order valence-electron chi connectivity index (χ3n) is 1.50. The van der Waals surface area contributed by atoms with E-state index in [9.17, 15) is 8.42 Å². The van der Waals surface area contributed by atoms with Crippen molar-refractivity contribution in [2.24, 2.45) is 7.05 Å². The van der Waals surface area contributed by atoms with E-state index < -0.39 is 10.0 Å². The van der Waals surface area contributed by atoms with Gasteiger partial charge in [0.2, 0.25) is 0 Å². The summed E-state index contributed by atoms with van der Waals surface area (Å²) < 4.78 is 26.4. The highest BCUT2D eigenvalue weighted by molar-refractivity contribution is 7.89. The zero-order valence-corrected chi connectivity index (χ0v) is 9.01.